The first-order valence-corrected chi connectivity index (χ1v) is 9.85. The lowest BCUT2D eigenvalue weighted by Gasteiger charge is -2.32. The topological polar surface area (TPSA) is 59.0 Å². The molecule has 0 aliphatic carbocycles. The zero-order valence-electron chi connectivity index (χ0n) is 16.9. The van der Waals surface area contributed by atoms with Crippen molar-refractivity contribution in [2.75, 3.05) is 20.2 Å². The van der Waals surface area contributed by atoms with Gasteiger partial charge in [-0.15, -0.1) is 0 Å². The third-order valence-electron chi connectivity index (χ3n) is 5.05. The Kier molecular flexibility index (Phi) is 6.57. The van der Waals surface area contributed by atoms with Crippen molar-refractivity contribution >= 4 is 5.78 Å². The molecule has 2 aromatic rings. The summed E-state index contributed by atoms with van der Waals surface area (Å²) in [6.45, 7) is 6.15. The van der Waals surface area contributed by atoms with Crippen LogP contribution in [0.5, 0.6) is 17.2 Å². The van der Waals surface area contributed by atoms with Crippen molar-refractivity contribution in [2.24, 2.45) is 5.92 Å². The fourth-order valence-corrected chi connectivity index (χ4v) is 3.70. The van der Waals surface area contributed by atoms with Crippen molar-refractivity contribution < 1.29 is 19.4 Å². The second-order valence-corrected chi connectivity index (χ2v) is 7.63. The summed E-state index contributed by atoms with van der Waals surface area (Å²) in [6, 6.07) is 12.7. The monoisotopic (exact) mass is 383 g/mol. The lowest BCUT2D eigenvalue weighted by molar-refractivity contribution is 0.0810. The summed E-state index contributed by atoms with van der Waals surface area (Å²) < 4.78 is 11.0. The van der Waals surface area contributed by atoms with Crippen LogP contribution < -0.4 is 9.47 Å². The van der Waals surface area contributed by atoms with E-state index in [2.05, 4.69) is 4.90 Å². The molecule has 1 heterocycles. The minimum atomic E-state index is -0.0456. The number of phenolic OH excluding ortho intramolecular Hbond substituents is 1. The Labute approximate surface area is 166 Å². The van der Waals surface area contributed by atoms with Crippen molar-refractivity contribution in [1.82, 2.24) is 4.90 Å². The van der Waals surface area contributed by atoms with Crippen LogP contribution in [0.25, 0.3) is 0 Å². The number of aromatic hydroxyl groups is 1. The molecule has 1 fully saturated rings. The molecule has 1 unspecified atom stereocenters. The number of hydrogen-bond donors (Lipinski definition) is 1. The van der Waals surface area contributed by atoms with Gasteiger partial charge in [0.05, 0.1) is 13.2 Å². The first-order chi connectivity index (χ1) is 13.5. The van der Waals surface area contributed by atoms with Gasteiger partial charge in [0.2, 0.25) is 0 Å². The van der Waals surface area contributed by atoms with Gasteiger partial charge >= 0.3 is 0 Å². The summed E-state index contributed by atoms with van der Waals surface area (Å²) >= 11 is 0. The number of methoxy groups -OCH3 is 1. The van der Waals surface area contributed by atoms with Crippen LogP contribution in [-0.4, -0.2) is 42.1 Å². The molecule has 1 atom stereocenters. The molecule has 0 radical (unpaired) electrons. The number of carbonyl (C=O) groups excluding carboxylic acids is 1. The van der Waals surface area contributed by atoms with E-state index in [4.69, 9.17) is 9.47 Å². The summed E-state index contributed by atoms with van der Waals surface area (Å²) in [5.41, 5.74) is 1.52. The molecule has 0 amide bonds. The first-order valence-electron chi connectivity index (χ1n) is 9.85. The molecule has 2 aromatic carbocycles. The predicted molar refractivity (Wildman–Crippen MR) is 109 cm³/mol. The van der Waals surface area contributed by atoms with E-state index in [0.717, 1.165) is 36.4 Å². The Morgan fingerprint density at radius 1 is 1.21 bits per heavy atom. The molecule has 0 spiro atoms. The van der Waals surface area contributed by atoms with E-state index in [0.29, 0.717) is 18.7 Å². The van der Waals surface area contributed by atoms with Crippen molar-refractivity contribution in [3.8, 4) is 17.2 Å². The van der Waals surface area contributed by atoms with E-state index in [1.54, 1.807) is 19.2 Å². The summed E-state index contributed by atoms with van der Waals surface area (Å²) in [5.74, 6) is 1.83. The Balaban J connectivity index is 1.68. The SMILES string of the molecule is COc1ccc(O)c(CN2CCCC(C(=O)c3cccc(OC(C)C)c3)C2)c1. The smallest absolute Gasteiger partial charge is 0.167 e. The molecule has 28 heavy (non-hydrogen) atoms. The number of ketones is 1. The Morgan fingerprint density at radius 2 is 2.04 bits per heavy atom. The molecule has 1 aliphatic rings. The highest BCUT2D eigenvalue weighted by Crippen LogP contribution is 2.28. The van der Waals surface area contributed by atoms with Crippen LogP contribution >= 0.6 is 0 Å². The molecule has 0 bridgehead atoms. The minimum Gasteiger partial charge on any atom is -0.508 e. The number of nitrogens with zero attached hydrogens (tertiary/aromatic N) is 1. The molecule has 3 rings (SSSR count). The molecular weight excluding hydrogens is 354 g/mol. The molecular formula is C23H29NO4. The van der Waals surface area contributed by atoms with E-state index >= 15 is 0 Å². The average Bonchev–Trinajstić information content (AvgIpc) is 2.69. The molecule has 0 aromatic heterocycles. The van der Waals surface area contributed by atoms with Gasteiger partial charge in [0, 0.05) is 30.1 Å². The number of piperidine rings is 1. The fraction of sp³-hybridized carbons (Fsp3) is 0.435. The summed E-state index contributed by atoms with van der Waals surface area (Å²) in [7, 11) is 1.61. The van der Waals surface area contributed by atoms with Gasteiger partial charge in [-0.1, -0.05) is 12.1 Å². The highest BCUT2D eigenvalue weighted by atomic mass is 16.5. The molecule has 1 saturated heterocycles. The summed E-state index contributed by atoms with van der Waals surface area (Å²) in [6.07, 6.45) is 1.92. The van der Waals surface area contributed by atoms with E-state index in [1.807, 2.05) is 44.2 Å². The zero-order chi connectivity index (χ0) is 20.1. The second kappa shape index (κ2) is 9.11. The van der Waals surface area contributed by atoms with Gasteiger partial charge in [-0.2, -0.15) is 0 Å². The highest BCUT2D eigenvalue weighted by molar-refractivity contribution is 5.98. The van der Waals surface area contributed by atoms with Crippen LogP contribution in [0.15, 0.2) is 42.5 Å². The summed E-state index contributed by atoms with van der Waals surface area (Å²) in [4.78, 5) is 15.3. The number of phenols is 1. The third kappa shape index (κ3) is 5.04. The van der Waals surface area contributed by atoms with Gasteiger partial charge in [0.15, 0.2) is 5.78 Å². The number of ether oxygens (including phenoxy) is 2. The molecule has 0 saturated carbocycles. The van der Waals surface area contributed by atoms with Crippen LogP contribution in [0.2, 0.25) is 0 Å². The molecule has 1 N–H and O–H groups in total. The molecule has 1 aliphatic heterocycles. The van der Waals surface area contributed by atoms with Crippen molar-refractivity contribution in [3.05, 3.63) is 53.6 Å². The van der Waals surface area contributed by atoms with Crippen molar-refractivity contribution in [1.29, 1.82) is 0 Å². The number of rotatable bonds is 7. The predicted octanol–water partition coefficient (Wildman–Crippen LogP) is 4.28. The van der Waals surface area contributed by atoms with E-state index < -0.39 is 0 Å². The number of Topliss-reactive ketones (excluding diaryl/α,β-unsaturated/α-hetero) is 1. The maximum absolute atomic E-state index is 13.1. The maximum Gasteiger partial charge on any atom is 0.167 e. The number of benzene rings is 2. The fourth-order valence-electron chi connectivity index (χ4n) is 3.70. The first kappa shape index (κ1) is 20.2. The standard InChI is InChI=1S/C23H29NO4/c1-16(2)28-21-8-4-6-17(12-21)23(26)18-7-5-11-24(14-18)15-19-13-20(27-3)9-10-22(19)25/h4,6,8-10,12-13,16,18,25H,5,7,11,14-15H2,1-3H3. The van der Waals surface area contributed by atoms with E-state index in [-0.39, 0.29) is 23.6 Å². The van der Waals surface area contributed by atoms with Crippen LogP contribution in [0.1, 0.15) is 42.6 Å². The van der Waals surface area contributed by atoms with Crippen LogP contribution in [0.4, 0.5) is 0 Å². The quantitative estimate of drug-likeness (QED) is 0.723. The van der Waals surface area contributed by atoms with Crippen molar-refractivity contribution in [3.63, 3.8) is 0 Å². The van der Waals surface area contributed by atoms with Gasteiger partial charge in [-0.25, -0.2) is 0 Å². The van der Waals surface area contributed by atoms with Gasteiger partial charge in [-0.3, -0.25) is 9.69 Å². The largest absolute Gasteiger partial charge is 0.508 e. The van der Waals surface area contributed by atoms with Gasteiger partial charge in [-0.05, 0) is 63.6 Å². The molecule has 150 valence electrons. The Hall–Kier alpha value is -2.53. The molecule has 5 heteroatoms. The number of likely N-dealkylation sites (tertiary alicyclic amines) is 1. The second-order valence-electron chi connectivity index (χ2n) is 7.63. The van der Waals surface area contributed by atoms with Crippen molar-refractivity contribution in [2.45, 2.75) is 39.3 Å². The summed E-state index contributed by atoms with van der Waals surface area (Å²) in [5, 5.41) is 10.2. The highest BCUT2D eigenvalue weighted by Gasteiger charge is 2.27. The Bertz CT molecular complexity index is 818. The number of hydrogen-bond acceptors (Lipinski definition) is 5. The van der Waals surface area contributed by atoms with E-state index in [1.165, 1.54) is 0 Å². The third-order valence-corrected chi connectivity index (χ3v) is 5.05. The van der Waals surface area contributed by atoms with Crippen LogP contribution in [0, 0.1) is 5.92 Å². The zero-order valence-corrected chi connectivity index (χ0v) is 16.9. The van der Waals surface area contributed by atoms with Crippen LogP contribution in [0.3, 0.4) is 0 Å². The van der Waals surface area contributed by atoms with Gasteiger partial charge in [0.25, 0.3) is 0 Å². The molecule has 5 nitrogen and oxygen atoms in total. The minimum absolute atomic E-state index is 0.0456. The Morgan fingerprint density at radius 3 is 2.79 bits per heavy atom. The average molecular weight is 383 g/mol. The van der Waals surface area contributed by atoms with E-state index in [9.17, 15) is 9.90 Å². The van der Waals surface area contributed by atoms with Crippen LogP contribution in [-0.2, 0) is 6.54 Å². The lowest BCUT2D eigenvalue weighted by Crippen LogP contribution is -2.38. The van der Waals surface area contributed by atoms with Gasteiger partial charge < -0.3 is 14.6 Å². The van der Waals surface area contributed by atoms with Gasteiger partial charge in [0.1, 0.15) is 17.2 Å². The lowest BCUT2D eigenvalue weighted by atomic mass is 9.89. The maximum atomic E-state index is 13.1. The normalized spacial score (nSPS) is 17.5. The number of carbonyl (C=O) groups is 1.